The zero-order valence-corrected chi connectivity index (χ0v) is 31.5. The number of thiophene rings is 1. The van der Waals surface area contributed by atoms with Gasteiger partial charge < -0.3 is 4.90 Å². The van der Waals surface area contributed by atoms with Crippen LogP contribution in [0, 0.1) is 0 Å². The number of fused-ring (bicyclic) bond motifs is 3. The summed E-state index contributed by atoms with van der Waals surface area (Å²) in [6, 6.07) is 81.4. The summed E-state index contributed by atoms with van der Waals surface area (Å²) in [4.78, 5) is 2.47. The van der Waals surface area contributed by atoms with Crippen molar-refractivity contribution in [3.05, 3.63) is 224 Å². The molecular weight excluding hydrogens is 695 g/mol. The summed E-state index contributed by atoms with van der Waals surface area (Å²) in [7, 11) is 0. The second-order valence-corrected chi connectivity index (χ2v) is 15.1. The molecule has 9 aromatic carbocycles. The third-order valence-corrected chi connectivity index (χ3v) is 11.9. The molecule has 264 valence electrons. The highest BCUT2D eigenvalue weighted by molar-refractivity contribution is 7.26. The van der Waals surface area contributed by atoms with E-state index < -0.39 is 0 Å². The Morgan fingerprint density at radius 1 is 0.304 bits per heavy atom. The Bertz CT molecular complexity index is 2930. The van der Waals surface area contributed by atoms with E-state index in [9.17, 15) is 0 Å². The summed E-state index contributed by atoms with van der Waals surface area (Å²) in [5.74, 6) is 0. The highest BCUT2D eigenvalue weighted by Gasteiger charge is 2.23. The van der Waals surface area contributed by atoms with Crippen molar-refractivity contribution < 1.29 is 0 Å². The average Bonchev–Trinajstić information content (AvgIpc) is 3.67. The first-order chi connectivity index (χ1) is 27.8. The number of anilines is 3. The van der Waals surface area contributed by atoms with E-state index >= 15 is 0 Å². The highest BCUT2D eigenvalue weighted by Crippen LogP contribution is 2.49. The Hall–Kier alpha value is -7.00. The molecule has 0 atom stereocenters. The first-order valence-electron chi connectivity index (χ1n) is 19.1. The van der Waals surface area contributed by atoms with Gasteiger partial charge in [-0.3, -0.25) is 0 Å². The van der Waals surface area contributed by atoms with Crippen molar-refractivity contribution in [3.8, 4) is 55.6 Å². The van der Waals surface area contributed by atoms with Gasteiger partial charge in [-0.1, -0.05) is 188 Å². The molecule has 1 aromatic heterocycles. The molecule has 2 heteroatoms. The minimum Gasteiger partial charge on any atom is -0.308 e. The number of benzene rings is 9. The van der Waals surface area contributed by atoms with Crippen LogP contribution in [0.1, 0.15) is 0 Å². The maximum Gasteiger partial charge on any atom is 0.0640 e. The molecule has 0 saturated heterocycles. The van der Waals surface area contributed by atoms with Crippen LogP contribution in [0.2, 0.25) is 0 Å². The number of hydrogen-bond donors (Lipinski definition) is 0. The van der Waals surface area contributed by atoms with E-state index in [0.29, 0.717) is 0 Å². The predicted molar refractivity (Wildman–Crippen MR) is 241 cm³/mol. The van der Waals surface area contributed by atoms with Gasteiger partial charge in [0.15, 0.2) is 0 Å². The molecule has 0 aliphatic rings. The van der Waals surface area contributed by atoms with E-state index in [-0.39, 0.29) is 0 Å². The molecule has 0 aliphatic carbocycles. The standard InChI is InChI=1S/C54H37NS/c1-5-17-38(18-6-1)39-31-34-44(35-32-39)55(51-29-16-28-48-47-25-13-14-30-52(47)56-54(48)51)50-36-33-43(37-49(50)41-21-9-3-10-22-41)46-27-15-26-45(40-19-7-2-8-20-40)53(46)42-23-11-4-12-24-42/h1-37H. The summed E-state index contributed by atoms with van der Waals surface area (Å²) in [5, 5.41) is 2.57. The van der Waals surface area contributed by atoms with Crippen LogP contribution in [0.4, 0.5) is 17.1 Å². The third-order valence-electron chi connectivity index (χ3n) is 10.7. The molecule has 0 bridgehead atoms. The zero-order valence-electron chi connectivity index (χ0n) is 30.7. The Balaban J connectivity index is 1.22. The van der Waals surface area contributed by atoms with Crippen LogP contribution < -0.4 is 4.90 Å². The van der Waals surface area contributed by atoms with Gasteiger partial charge in [-0.2, -0.15) is 0 Å². The lowest BCUT2D eigenvalue weighted by Crippen LogP contribution is -2.11. The fraction of sp³-hybridized carbons (Fsp3) is 0. The minimum atomic E-state index is 1.11. The largest absolute Gasteiger partial charge is 0.308 e. The fourth-order valence-electron chi connectivity index (χ4n) is 8.06. The molecule has 0 fully saturated rings. The summed E-state index contributed by atoms with van der Waals surface area (Å²) >= 11 is 1.87. The van der Waals surface area contributed by atoms with Gasteiger partial charge in [0.1, 0.15) is 0 Å². The van der Waals surface area contributed by atoms with Crippen LogP contribution in [0.3, 0.4) is 0 Å². The van der Waals surface area contributed by atoms with Crippen molar-refractivity contribution in [2.45, 2.75) is 0 Å². The van der Waals surface area contributed by atoms with Crippen molar-refractivity contribution >= 4 is 48.6 Å². The summed E-state index contributed by atoms with van der Waals surface area (Å²) in [5.41, 5.74) is 15.3. The van der Waals surface area contributed by atoms with Gasteiger partial charge in [0, 0.05) is 26.7 Å². The van der Waals surface area contributed by atoms with Gasteiger partial charge in [-0.05, 0) is 86.5 Å². The molecule has 1 nitrogen and oxygen atoms in total. The SMILES string of the molecule is c1ccc(-c2ccc(N(c3ccc(-c4cccc(-c5ccccc5)c4-c4ccccc4)cc3-c3ccccc3)c3cccc4c3sc3ccccc34)cc2)cc1. The topological polar surface area (TPSA) is 3.24 Å². The number of nitrogens with zero attached hydrogens (tertiary/aromatic N) is 1. The third kappa shape index (κ3) is 6.17. The van der Waals surface area contributed by atoms with Crippen molar-refractivity contribution in [2.75, 3.05) is 4.90 Å². The van der Waals surface area contributed by atoms with Crippen molar-refractivity contribution in [1.82, 2.24) is 0 Å². The van der Waals surface area contributed by atoms with E-state index in [1.54, 1.807) is 0 Å². The molecular formula is C54H37NS. The molecule has 0 spiro atoms. The fourth-order valence-corrected chi connectivity index (χ4v) is 9.27. The van der Waals surface area contributed by atoms with Crippen molar-refractivity contribution in [2.24, 2.45) is 0 Å². The predicted octanol–water partition coefficient (Wildman–Crippen LogP) is 15.9. The molecule has 0 saturated carbocycles. The van der Waals surface area contributed by atoms with E-state index in [1.165, 1.54) is 70.2 Å². The Morgan fingerprint density at radius 2 is 0.804 bits per heavy atom. The molecule has 0 N–H and O–H groups in total. The normalized spacial score (nSPS) is 11.2. The van der Waals surface area contributed by atoms with Crippen LogP contribution in [0.25, 0.3) is 75.8 Å². The summed E-state index contributed by atoms with van der Waals surface area (Å²) < 4.78 is 2.56. The molecule has 1 heterocycles. The molecule has 10 aromatic rings. The van der Waals surface area contributed by atoms with Gasteiger partial charge in [0.25, 0.3) is 0 Å². The monoisotopic (exact) mass is 731 g/mol. The Morgan fingerprint density at radius 3 is 1.48 bits per heavy atom. The first-order valence-corrected chi connectivity index (χ1v) is 19.9. The minimum absolute atomic E-state index is 1.11. The Kier molecular flexibility index (Phi) is 8.79. The lowest BCUT2D eigenvalue weighted by molar-refractivity contribution is 1.30. The van der Waals surface area contributed by atoms with Crippen molar-refractivity contribution in [3.63, 3.8) is 0 Å². The van der Waals surface area contributed by atoms with Gasteiger partial charge in [-0.25, -0.2) is 0 Å². The van der Waals surface area contributed by atoms with Crippen LogP contribution in [-0.4, -0.2) is 0 Å². The van der Waals surface area contributed by atoms with Gasteiger partial charge >= 0.3 is 0 Å². The second-order valence-electron chi connectivity index (χ2n) is 14.1. The molecule has 10 rings (SSSR count). The molecule has 0 unspecified atom stereocenters. The smallest absolute Gasteiger partial charge is 0.0640 e. The summed E-state index contributed by atoms with van der Waals surface area (Å²) in [6.45, 7) is 0. The molecule has 0 amide bonds. The molecule has 56 heavy (non-hydrogen) atoms. The highest BCUT2D eigenvalue weighted by atomic mass is 32.1. The van der Waals surface area contributed by atoms with E-state index in [0.717, 1.165) is 22.6 Å². The number of hydrogen-bond acceptors (Lipinski definition) is 2. The first kappa shape index (κ1) is 33.6. The van der Waals surface area contributed by atoms with E-state index in [2.05, 4.69) is 229 Å². The van der Waals surface area contributed by atoms with E-state index in [4.69, 9.17) is 0 Å². The van der Waals surface area contributed by atoms with Crippen LogP contribution in [0.15, 0.2) is 224 Å². The number of rotatable bonds is 8. The maximum absolute atomic E-state index is 2.47. The molecule has 0 aliphatic heterocycles. The quantitative estimate of drug-likeness (QED) is 0.150. The average molecular weight is 732 g/mol. The van der Waals surface area contributed by atoms with Crippen LogP contribution in [0.5, 0.6) is 0 Å². The van der Waals surface area contributed by atoms with Crippen LogP contribution >= 0.6 is 11.3 Å². The maximum atomic E-state index is 2.47. The van der Waals surface area contributed by atoms with Gasteiger partial charge in [-0.15, -0.1) is 11.3 Å². The lowest BCUT2D eigenvalue weighted by Gasteiger charge is -2.29. The lowest BCUT2D eigenvalue weighted by atomic mass is 9.86. The van der Waals surface area contributed by atoms with E-state index in [1.807, 2.05) is 11.3 Å². The van der Waals surface area contributed by atoms with Crippen molar-refractivity contribution in [1.29, 1.82) is 0 Å². The van der Waals surface area contributed by atoms with Gasteiger partial charge in [0.2, 0.25) is 0 Å². The second kappa shape index (κ2) is 14.7. The Labute approximate surface area is 332 Å². The van der Waals surface area contributed by atoms with Crippen LogP contribution in [-0.2, 0) is 0 Å². The summed E-state index contributed by atoms with van der Waals surface area (Å²) in [6.07, 6.45) is 0. The zero-order chi connectivity index (χ0) is 37.3. The van der Waals surface area contributed by atoms with Gasteiger partial charge in [0.05, 0.1) is 16.1 Å². The molecule has 0 radical (unpaired) electrons.